The maximum Gasteiger partial charge on any atom is 0.309 e. The van der Waals surface area contributed by atoms with E-state index in [1.165, 1.54) is 5.56 Å². The molecule has 0 saturated heterocycles. The SMILES string of the molecule is c1ccc(CNNc2ncc(-c3ccccc3)o2)cc1. The van der Waals surface area contributed by atoms with Crippen molar-refractivity contribution in [2.75, 3.05) is 5.43 Å². The molecular formula is C16H15N3O. The molecule has 0 aliphatic rings. The Morgan fingerprint density at radius 3 is 2.35 bits per heavy atom. The fraction of sp³-hybridized carbons (Fsp3) is 0.0625. The van der Waals surface area contributed by atoms with E-state index < -0.39 is 0 Å². The zero-order valence-electron chi connectivity index (χ0n) is 10.9. The van der Waals surface area contributed by atoms with Gasteiger partial charge in [0.2, 0.25) is 0 Å². The smallest absolute Gasteiger partial charge is 0.309 e. The molecule has 3 aromatic rings. The highest BCUT2D eigenvalue weighted by molar-refractivity contribution is 5.56. The Labute approximate surface area is 117 Å². The molecule has 0 spiro atoms. The van der Waals surface area contributed by atoms with Crippen molar-refractivity contribution in [3.05, 3.63) is 72.4 Å². The van der Waals surface area contributed by atoms with Crippen LogP contribution in [-0.4, -0.2) is 4.98 Å². The normalized spacial score (nSPS) is 10.4. The van der Waals surface area contributed by atoms with Gasteiger partial charge < -0.3 is 4.42 Å². The van der Waals surface area contributed by atoms with Crippen LogP contribution < -0.4 is 10.9 Å². The molecule has 100 valence electrons. The monoisotopic (exact) mass is 265 g/mol. The summed E-state index contributed by atoms with van der Waals surface area (Å²) in [6.07, 6.45) is 1.71. The second kappa shape index (κ2) is 6.04. The summed E-state index contributed by atoms with van der Waals surface area (Å²) in [5.41, 5.74) is 8.23. The van der Waals surface area contributed by atoms with E-state index >= 15 is 0 Å². The summed E-state index contributed by atoms with van der Waals surface area (Å²) in [6.45, 7) is 0.698. The van der Waals surface area contributed by atoms with Gasteiger partial charge in [0.25, 0.3) is 0 Å². The molecule has 0 bridgehead atoms. The lowest BCUT2D eigenvalue weighted by Crippen LogP contribution is -2.20. The number of hydrogen-bond acceptors (Lipinski definition) is 4. The fourth-order valence-corrected chi connectivity index (χ4v) is 1.89. The van der Waals surface area contributed by atoms with Crippen LogP contribution in [0.1, 0.15) is 5.56 Å². The van der Waals surface area contributed by atoms with Crippen LogP contribution in [0.25, 0.3) is 11.3 Å². The van der Waals surface area contributed by atoms with Crippen LogP contribution >= 0.6 is 0 Å². The number of anilines is 1. The van der Waals surface area contributed by atoms with Gasteiger partial charge in [0, 0.05) is 12.1 Å². The second-order valence-electron chi connectivity index (χ2n) is 4.36. The van der Waals surface area contributed by atoms with Crippen LogP contribution in [0.2, 0.25) is 0 Å². The topological polar surface area (TPSA) is 50.1 Å². The fourth-order valence-electron chi connectivity index (χ4n) is 1.89. The number of rotatable bonds is 5. The summed E-state index contributed by atoms with van der Waals surface area (Å²) in [6, 6.07) is 20.5. The average Bonchev–Trinajstić information content (AvgIpc) is 2.98. The van der Waals surface area contributed by atoms with Crippen LogP contribution in [0.5, 0.6) is 0 Å². The minimum Gasteiger partial charge on any atom is -0.423 e. The Bertz CT molecular complexity index is 650. The Morgan fingerprint density at radius 2 is 1.60 bits per heavy atom. The lowest BCUT2D eigenvalue weighted by atomic mass is 10.2. The summed E-state index contributed by atoms with van der Waals surface area (Å²) in [5, 5.41) is 0. The Kier molecular flexibility index (Phi) is 3.76. The number of nitrogens with zero attached hydrogens (tertiary/aromatic N) is 1. The molecule has 0 amide bonds. The van der Waals surface area contributed by atoms with Crippen molar-refractivity contribution < 1.29 is 4.42 Å². The number of nitrogens with one attached hydrogen (secondary N) is 2. The lowest BCUT2D eigenvalue weighted by molar-refractivity contribution is 0.570. The van der Waals surface area contributed by atoms with Crippen molar-refractivity contribution in [3.8, 4) is 11.3 Å². The van der Waals surface area contributed by atoms with Crippen molar-refractivity contribution in [2.24, 2.45) is 0 Å². The lowest BCUT2D eigenvalue weighted by Gasteiger charge is -2.04. The first-order valence-corrected chi connectivity index (χ1v) is 6.46. The van der Waals surface area contributed by atoms with Gasteiger partial charge in [-0.3, -0.25) is 5.43 Å². The van der Waals surface area contributed by atoms with Gasteiger partial charge in [0.15, 0.2) is 5.76 Å². The molecule has 1 heterocycles. The van der Waals surface area contributed by atoms with Crippen molar-refractivity contribution in [1.82, 2.24) is 10.4 Å². The van der Waals surface area contributed by atoms with Crippen molar-refractivity contribution in [2.45, 2.75) is 6.54 Å². The quantitative estimate of drug-likeness (QED) is 0.694. The molecule has 1 aromatic heterocycles. The molecule has 0 fully saturated rings. The first-order chi connectivity index (χ1) is 9.92. The van der Waals surface area contributed by atoms with Crippen LogP contribution in [-0.2, 0) is 6.54 Å². The van der Waals surface area contributed by atoms with Crippen molar-refractivity contribution in [1.29, 1.82) is 0 Å². The highest BCUT2D eigenvalue weighted by atomic mass is 16.4. The number of oxazole rings is 1. The van der Waals surface area contributed by atoms with Gasteiger partial charge in [0.05, 0.1) is 6.20 Å². The van der Waals surface area contributed by atoms with E-state index in [2.05, 4.69) is 28.0 Å². The summed E-state index contributed by atoms with van der Waals surface area (Å²) < 4.78 is 5.62. The molecule has 4 nitrogen and oxygen atoms in total. The molecular weight excluding hydrogens is 250 g/mol. The zero-order chi connectivity index (χ0) is 13.6. The molecule has 0 saturated carbocycles. The predicted octanol–water partition coefficient (Wildman–Crippen LogP) is 3.46. The van der Waals surface area contributed by atoms with Gasteiger partial charge in [-0.1, -0.05) is 60.7 Å². The van der Waals surface area contributed by atoms with E-state index in [0.717, 1.165) is 11.3 Å². The third-order valence-electron chi connectivity index (χ3n) is 2.89. The number of hydrogen-bond donors (Lipinski definition) is 2. The zero-order valence-corrected chi connectivity index (χ0v) is 10.9. The first-order valence-electron chi connectivity index (χ1n) is 6.46. The molecule has 2 N–H and O–H groups in total. The van der Waals surface area contributed by atoms with E-state index in [0.29, 0.717) is 12.6 Å². The molecule has 3 rings (SSSR count). The van der Waals surface area contributed by atoms with E-state index in [9.17, 15) is 0 Å². The van der Waals surface area contributed by atoms with Crippen LogP contribution in [0.15, 0.2) is 71.3 Å². The molecule has 20 heavy (non-hydrogen) atoms. The molecule has 4 heteroatoms. The Balaban J connectivity index is 1.58. The molecule has 0 radical (unpaired) electrons. The van der Waals surface area contributed by atoms with Gasteiger partial charge in [-0.05, 0) is 5.56 Å². The van der Waals surface area contributed by atoms with Crippen LogP contribution in [0.3, 0.4) is 0 Å². The highest BCUT2D eigenvalue weighted by Crippen LogP contribution is 2.21. The van der Waals surface area contributed by atoms with Gasteiger partial charge in [-0.2, -0.15) is 0 Å². The summed E-state index contributed by atoms with van der Waals surface area (Å²) >= 11 is 0. The molecule has 0 aliphatic heterocycles. The number of aromatic nitrogens is 1. The third kappa shape index (κ3) is 3.05. The van der Waals surface area contributed by atoms with E-state index in [-0.39, 0.29) is 0 Å². The first kappa shape index (κ1) is 12.4. The van der Waals surface area contributed by atoms with Gasteiger partial charge in [-0.15, -0.1) is 0 Å². The number of benzene rings is 2. The van der Waals surface area contributed by atoms with Gasteiger partial charge in [-0.25, -0.2) is 10.4 Å². The third-order valence-corrected chi connectivity index (χ3v) is 2.89. The minimum absolute atomic E-state index is 0.458. The largest absolute Gasteiger partial charge is 0.423 e. The van der Waals surface area contributed by atoms with E-state index in [1.807, 2.05) is 48.5 Å². The molecule has 0 aliphatic carbocycles. The van der Waals surface area contributed by atoms with Crippen molar-refractivity contribution in [3.63, 3.8) is 0 Å². The Morgan fingerprint density at radius 1 is 0.900 bits per heavy atom. The van der Waals surface area contributed by atoms with E-state index in [4.69, 9.17) is 4.42 Å². The highest BCUT2D eigenvalue weighted by Gasteiger charge is 2.04. The minimum atomic E-state index is 0.458. The standard InChI is InChI=1S/C16H15N3O/c1-3-7-13(8-4-1)11-18-19-16-17-12-15(20-16)14-9-5-2-6-10-14/h1-10,12,18H,11H2,(H,17,19). The molecule has 0 atom stereocenters. The summed E-state index contributed by atoms with van der Waals surface area (Å²) in [5.74, 6) is 0.745. The van der Waals surface area contributed by atoms with Crippen molar-refractivity contribution >= 4 is 6.01 Å². The maximum atomic E-state index is 5.62. The van der Waals surface area contributed by atoms with Gasteiger partial charge >= 0.3 is 6.01 Å². The molecule has 0 unspecified atom stereocenters. The second-order valence-corrected chi connectivity index (χ2v) is 4.36. The predicted molar refractivity (Wildman–Crippen MR) is 78.8 cm³/mol. The average molecular weight is 265 g/mol. The molecule has 2 aromatic carbocycles. The Hall–Kier alpha value is -2.59. The van der Waals surface area contributed by atoms with Crippen LogP contribution in [0.4, 0.5) is 6.01 Å². The summed E-state index contributed by atoms with van der Waals surface area (Å²) in [7, 11) is 0. The van der Waals surface area contributed by atoms with Gasteiger partial charge in [0.1, 0.15) is 0 Å². The summed E-state index contributed by atoms with van der Waals surface area (Å²) in [4.78, 5) is 4.18. The number of hydrazine groups is 1. The maximum absolute atomic E-state index is 5.62. The van der Waals surface area contributed by atoms with E-state index in [1.54, 1.807) is 6.20 Å². The van der Waals surface area contributed by atoms with Crippen LogP contribution in [0, 0.1) is 0 Å².